The summed E-state index contributed by atoms with van der Waals surface area (Å²) in [6, 6.07) is 7.84. The van der Waals surface area contributed by atoms with Crippen LogP contribution in [0.4, 0.5) is 10.1 Å². The molecule has 0 aliphatic carbocycles. The smallest absolute Gasteiger partial charge is 0.123 e. The van der Waals surface area contributed by atoms with E-state index in [0.29, 0.717) is 12.1 Å². The molecule has 1 fully saturated rings. The number of halogens is 1. The van der Waals surface area contributed by atoms with Crippen molar-refractivity contribution in [1.82, 2.24) is 5.32 Å². The molecule has 0 unspecified atom stereocenters. The van der Waals surface area contributed by atoms with Crippen molar-refractivity contribution in [1.29, 1.82) is 0 Å². The second-order valence-corrected chi connectivity index (χ2v) is 7.51. The number of benzene rings is 1. The predicted molar refractivity (Wildman–Crippen MR) is 94.4 cm³/mol. The minimum absolute atomic E-state index is 0.176. The molecular weight excluding hydrogens is 291 g/mol. The number of hydrogen-bond acceptors (Lipinski definition) is 3. The van der Waals surface area contributed by atoms with Crippen LogP contribution in [0.1, 0.15) is 52.9 Å². The van der Waals surface area contributed by atoms with E-state index in [0.717, 1.165) is 50.9 Å². The van der Waals surface area contributed by atoms with Gasteiger partial charge in [-0.2, -0.15) is 0 Å². The zero-order valence-electron chi connectivity index (χ0n) is 14.7. The Hall–Kier alpha value is -1.13. The number of piperidine rings is 1. The molecule has 4 heteroatoms. The molecule has 1 atom stereocenters. The van der Waals surface area contributed by atoms with Crippen LogP contribution >= 0.6 is 0 Å². The first-order valence-corrected chi connectivity index (χ1v) is 8.82. The molecule has 2 rings (SSSR count). The zero-order chi connectivity index (χ0) is 16.9. The highest BCUT2D eigenvalue weighted by Crippen LogP contribution is 2.21. The summed E-state index contributed by atoms with van der Waals surface area (Å²) in [5.74, 6) is -0.176. The van der Waals surface area contributed by atoms with Gasteiger partial charge >= 0.3 is 0 Å². The van der Waals surface area contributed by atoms with Crippen molar-refractivity contribution >= 4 is 5.69 Å². The second kappa shape index (κ2) is 8.11. The topological polar surface area (TPSA) is 35.5 Å². The minimum atomic E-state index is -0.555. The van der Waals surface area contributed by atoms with Crippen molar-refractivity contribution in [3.8, 4) is 0 Å². The Morgan fingerprint density at radius 1 is 1.26 bits per heavy atom. The van der Waals surface area contributed by atoms with Crippen molar-refractivity contribution in [3.63, 3.8) is 0 Å². The maximum absolute atomic E-state index is 13.0. The first kappa shape index (κ1) is 18.2. The van der Waals surface area contributed by atoms with E-state index < -0.39 is 5.60 Å². The van der Waals surface area contributed by atoms with Crippen molar-refractivity contribution in [2.45, 2.75) is 70.6 Å². The van der Waals surface area contributed by atoms with Crippen LogP contribution in [-0.2, 0) is 0 Å². The molecule has 0 radical (unpaired) electrons. The average Bonchev–Trinajstić information content (AvgIpc) is 2.47. The fourth-order valence-electron chi connectivity index (χ4n) is 3.28. The Bertz CT molecular complexity index is 461. The first-order chi connectivity index (χ1) is 10.8. The maximum atomic E-state index is 13.0. The molecule has 3 nitrogen and oxygen atoms in total. The third-order valence-corrected chi connectivity index (χ3v) is 4.63. The lowest BCUT2D eigenvalue weighted by molar-refractivity contribution is 0.0673. The second-order valence-electron chi connectivity index (χ2n) is 7.51. The summed E-state index contributed by atoms with van der Waals surface area (Å²) >= 11 is 0. The van der Waals surface area contributed by atoms with Gasteiger partial charge in [0.2, 0.25) is 0 Å². The Morgan fingerprint density at radius 2 is 1.87 bits per heavy atom. The van der Waals surface area contributed by atoms with E-state index in [1.54, 1.807) is 0 Å². The molecular formula is C19H31FN2O. The molecule has 1 aliphatic rings. The van der Waals surface area contributed by atoms with E-state index in [1.807, 2.05) is 26.0 Å². The number of nitrogens with zero attached hydrogens (tertiary/aromatic N) is 1. The van der Waals surface area contributed by atoms with Gasteiger partial charge in [-0.3, -0.25) is 0 Å². The molecule has 0 spiro atoms. The molecule has 1 aliphatic heterocycles. The van der Waals surface area contributed by atoms with Crippen LogP contribution in [-0.4, -0.2) is 35.9 Å². The third-order valence-electron chi connectivity index (χ3n) is 4.63. The summed E-state index contributed by atoms with van der Waals surface area (Å²) < 4.78 is 13.0. The number of rotatable bonds is 7. The Balaban J connectivity index is 1.69. The van der Waals surface area contributed by atoms with Gasteiger partial charge in [0.05, 0.1) is 5.60 Å². The number of anilines is 1. The third kappa shape index (κ3) is 6.48. The Labute approximate surface area is 139 Å². The standard InChI is InChI=1S/C19H31FN2O/c1-15(5-4-12-19(2,3)23)21-17-10-13-22(14-11-17)18-8-6-16(20)7-9-18/h6-9,15,17,21,23H,4-5,10-14H2,1-3H3/t15-/m1/s1. The van der Waals surface area contributed by atoms with Crippen LogP contribution in [0.2, 0.25) is 0 Å². The van der Waals surface area contributed by atoms with Crippen molar-refractivity contribution in [2.24, 2.45) is 0 Å². The maximum Gasteiger partial charge on any atom is 0.123 e. The van der Waals surface area contributed by atoms with Gasteiger partial charge in [0, 0.05) is 30.9 Å². The molecule has 1 aromatic rings. The lowest BCUT2D eigenvalue weighted by Gasteiger charge is -2.35. The SMILES string of the molecule is C[C@H](CCCC(C)(C)O)NC1CCN(c2ccc(F)cc2)CC1. The molecule has 130 valence electrons. The van der Waals surface area contributed by atoms with Crippen LogP contribution in [0.25, 0.3) is 0 Å². The highest BCUT2D eigenvalue weighted by molar-refractivity contribution is 5.46. The monoisotopic (exact) mass is 322 g/mol. The van der Waals surface area contributed by atoms with Crippen LogP contribution < -0.4 is 10.2 Å². The summed E-state index contributed by atoms with van der Waals surface area (Å²) in [7, 11) is 0. The molecule has 0 aromatic heterocycles. The highest BCUT2D eigenvalue weighted by Gasteiger charge is 2.21. The van der Waals surface area contributed by atoms with Gasteiger partial charge in [-0.1, -0.05) is 0 Å². The van der Waals surface area contributed by atoms with E-state index >= 15 is 0 Å². The zero-order valence-corrected chi connectivity index (χ0v) is 14.7. The van der Waals surface area contributed by atoms with Crippen LogP contribution in [0.3, 0.4) is 0 Å². The van der Waals surface area contributed by atoms with Gasteiger partial charge < -0.3 is 15.3 Å². The highest BCUT2D eigenvalue weighted by atomic mass is 19.1. The first-order valence-electron chi connectivity index (χ1n) is 8.82. The fourth-order valence-corrected chi connectivity index (χ4v) is 3.28. The van der Waals surface area contributed by atoms with E-state index in [2.05, 4.69) is 17.1 Å². The van der Waals surface area contributed by atoms with Gasteiger partial charge in [-0.25, -0.2) is 4.39 Å². The number of nitrogens with one attached hydrogen (secondary N) is 1. The number of aliphatic hydroxyl groups is 1. The van der Waals surface area contributed by atoms with Gasteiger partial charge in [0.15, 0.2) is 0 Å². The molecule has 2 N–H and O–H groups in total. The van der Waals surface area contributed by atoms with E-state index in [9.17, 15) is 9.50 Å². The average molecular weight is 322 g/mol. The summed E-state index contributed by atoms with van der Waals surface area (Å²) in [4.78, 5) is 2.33. The van der Waals surface area contributed by atoms with E-state index in [1.165, 1.54) is 12.1 Å². The van der Waals surface area contributed by atoms with Crippen molar-refractivity contribution in [3.05, 3.63) is 30.1 Å². The lowest BCUT2D eigenvalue weighted by atomic mass is 9.98. The molecule has 1 saturated heterocycles. The quantitative estimate of drug-likeness (QED) is 0.803. The van der Waals surface area contributed by atoms with Crippen molar-refractivity contribution in [2.75, 3.05) is 18.0 Å². The Kier molecular flexibility index (Phi) is 6.42. The predicted octanol–water partition coefficient (Wildman–Crippen LogP) is 3.71. The molecule has 0 saturated carbocycles. The van der Waals surface area contributed by atoms with E-state index in [4.69, 9.17) is 0 Å². The summed E-state index contributed by atoms with van der Waals surface area (Å²) in [5.41, 5.74) is 0.559. The molecule has 1 aromatic carbocycles. The Morgan fingerprint density at radius 3 is 2.43 bits per heavy atom. The van der Waals surface area contributed by atoms with Gasteiger partial charge in [0.1, 0.15) is 5.82 Å². The van der Waals surface area contributed by atoms with Gasteiger partial charge in [-0.05, 0) is 77.1 Å². The largest absolute Gasteiger partial charge is 0.390 e. The van der Waals surface area contributed by atoms with Gasteiger partial charge in [0.25, 0.3) is 0 Å². The summed E-state index contributed by atoms with van der Waals surface area (Å²) in [6.07, 6.45) is 5.23. The van der Waals surface area contributed by atoms with Crippen LogP contribution in [0.15, 0.2) is 24.3 Å². The summed E-state index contributed by atoms with van der Waals surface area (Å²) in [5, 5.41) is 13.5. The van der Waals surface area contributed by atoms with Crippen LogP contribution in [0.5, 0.6) is 0 Å². The summed E-state index contributed by atoms with van der Waals surface area (Å²) in [6.45, 7) is 8.00. The van der Waals surface area contributed by atoms with Crippen molar-refractivity contribution < 1.29 is 9.50 Å². The molecule has 23 heavy (non-hydrogen) atoms. The lowest BCUT2D eigenvalue weighted by Crippen LogP contribution is -2.45. The minimum Gasteiger partial charge on any atom is -0.390 e. The normalized spacial score (nSPS) is 18.2. The number of hydrogen-bond donors (Lipinski definition) is 2. The molecule has 0 bridgehead atoms. The molecule has 1 heterocycles. The van der Waals surface area contributed by atoms with E-state index in [-0.39, 0.29) is 5.82 Å². The van der Waals surface area contributed by atoms with Crippen LogP contribution in [0, 0.1) is 5.82 Å². The molecule has 0 amide bonds. The van der Waals surface area contributed by atoms with Gasteiger partial charge in [-0.15, -0.1) is 0 Å². The fraction of sp³-hybridized carbons (Fsp3) is 0.684.